The molecule has 6 nitrogen and oxygen atoms in total. The highest BCUT2D eigenvalue weighted by Crippen LogP contribution is 2.25. The number of thioether (sulfide) groups is 1. The molecule has 2 aromatic carbocycles. The second-order valence-corrected chi connectivity index (χ2v) is 7.17. The lowest BCUT2D eigenvalue weighted by molar-refractivity contribution is -0.119. The average molecular weight is 410 g/mol. The Kier molecular flexibility index (Phi) is 6.72. The summed E-state index contributed by atoms with van der Waals surface area (Å²) in [5, 5.41) is 7.31. The van der Waals surface area contributed by atoms with Gasteiger partial charge in [0.25, 0.3) is 5.56 Å². The van der Waals surface area contributed by atoms with Gasteiger partial charge in [-0.25, -0.2) is 4.68 Å². The molecule has 0 saturated carbocycles. The number of rotatable bonds is 7. The molecule has 0 spiro atoms. The van der Waals surface area contributed by atoms with Crippen LogP contribution in [0.5, 0.6) is 5.75 Å². The van der Waals surface area contributed by atoms with E-state index >= 15 is 0 Å². The van der Waals surface area contributed by atoms with E-state index in [4.69, 9.17) is 4.74 Å². The average Bonchev–Trinajstić information content (AvgIpc) is 2.75. The molecule has 7 heteroatoms. The standard InChI is InChI=1S/C22H23N3O3S/c1-4-28-17-11-9-16(10-12-17)18-13-14-21(26)25(24-18)15(2)22(27)23-19-7-5-6-8-20(19)29-3/h5-15H,4H2,1-3H3,(H,23,27). The summed E-state index contributed by atoms with van der Waals surface area (Å²) >= 11 is 1.54. The van der Waals surface area contributed by atoms with E-state index in [1.165, 1.54) is 10.7 Å². The lowest BCUT2D eigenvalue weighted by atomic mass is 10.1. The van der Waals surface area contributed by atoms with Crippen LogP contribution in [-0.4, -0.2) is 28.6 Å². The molecule has 3 aromatic rings. The number of carbonyl (C=O) groups excluding carboxylic acids is 1. The summed E-state index contributed by atoms with van der Waals surface area (Å²) in [5.74, 6) is 0.467. The summed E-state index contributed by atoms with van der Waals surface area (Å²) in [7, 11) is 0. The predicted octanol–water partition coefficient (Wildman–Crippen LogP) is 4.23. The third-order valence-corrected chi connectivity index (χ3v) is 5.19. The van der Waals surface area contributed by atoms with Gasteiger partial charge in [-0.3, -0.25) is 9.59 Å². The highest BCUT2D eigenvalue weighted by atomic mass is 32.2. The van der Waals surface area contributed by atoms with Crippen molar-refractivity contribution in [1.82, 2.24) is 9.78 Å². The third-order valence-electron chi connectivity index (χ3n) is 4.40. The van der Waals surface area contributed by atoms with Crippen LogP contribution in [0.15, 0.2) is 70.4 Å². The number of ether oxygens (including phenoxy) is 1. The number of anilines is 1. The maximum atomic E-state index is 12.8. The van der Waals surface area contributed by atoms with E-state index in [0.717, 1.165) is 16.2 Å². The first kappa shape index (κ1) is 20.7. The van der Waals surface area contributed by atoms with Gasteiger partial charge in [-0.05, 0) is 62.6 Å². The topological polar surface area (TPSA) is 73.2 Å². The van der Waals surface area contributed by atoms with Crippen molar-refractivity contribution in [2.45, 2.75) is 24.8 Å². The number of amides is 1. The monoisotopic (exact) mass is 409 g/mol. The smallest absolute Gasteiger partial charge is 0.267 e. The second kappa shape index (κ2) is 9.43. The quantitative estimate of drug-likeness (QED) is 0.591. The molecule has 0 fully saturated rings. The van der Waals surface area contributed by atoms with E-state index in [2.05, 4.69) is 10.4 Å². The SMILES string of the molecule is CCOc1ccc(-c2ccc(=O)n(C(C)C(=O)Nc3ccccc3SC)n2)cc1. The van der Waals surface area contributed by atoms with Crippen LogP contribution in [0.2, 0.25) is 0 Å². The van der Waals surface area contributed by atoms with Crippen LogP contribution in [0.3, 0.4) is 0 Å². The molecule has 1 N–H and O–H groups in total. The number of nitrogens with one attached hydrogen (secondary N) is 1. The second-order valence-electron chi connectivity index (χ2n) is 6.32. The molecule has 0 radical (unpaired) electrons. The van der Waals surface area contributed by atoms with Gasteiger partial charge < -0.3 is 10.1 Å². The number of nitrogens with zero attached hydrogens (tertiary/aromatic N) is 2. The number of hydrogen-bond donors (Lipinski definition) is 1. The van der Waals surface area contributed by atoms with Crippen LogP contribution < -0.4 is 15.6 Å². The normalized spacial score (nSPS) is 11.7. The zero-order valence-electron chi connectivity index (χ0n) is 16.6. The zero-order valence-corrected chi connectivity index (χ0v) is 17.4. The lowest BCUT2D eigenvalue weighted by Gasteiger charge is -2.16. The Hall–Kier alpha value is -3.06. The highest BCUT2D eigenvalue weighted by molar-refractivity contribution is 7.98. The van der Waals surface area contributed by atoms with Crippen molar-refractivity contribution in [1.29, 1.82) is 0 Å². The zero-order chi connectivity index (χ0) is 20.8. The molecule has 1 aromatic heterocycles. The van der Waals surface area contributed by atoms with E-state index in [9.17, 15) is 9.59 Å². The number of aromatic nitrogens is 2. The molecule has 1 heterocycles. The molecule has 29 heavy (non-hydrogen) atoms. The number of benzene rings is 2. The first-order valence-electron chi connectivity index (χ1n) is 9.30. The molecule has 0 saturated heterocycles. The van der Waals surface area contributed by atoms with Crippen molar-refractivity contribution >= 4 is 23.4 Å². The molecule has 150 valence electrons. The molecule has 0 bridgehead atoms. The highest BCUT2D eigenvalue weighted by Gasteiger charge is 2.19. The van der Waals surface area contributed by atoms with Crippen LogP contribution in [0.1, 0.15) is 19.9 Å². The molecular weight excluding hydrogens is 386 g/mol. The van der Waals surface area contributed by atoms with Crippen molar-refractivity contribution in [3.8, 4) is 17.0 Å². The Labute approximate surface area is 173 Å². The fraction of sp³-hybridized carbons (Fsp3) is 0.227. The predicted molar refractivity (Wildman–Crippen MR) is 117 cm³/mol. The number of para-hydroxylation sites is 1. The summed E-state index contributed by atoms with van der Waals surface area (Å²) in [6.07, 6.45) is 1.95. The summed E-state index contributed by atoms with van der Waals surface area (Å²) in [4.78, 5) is 26.1. The summed E-state index contributed by atoms with van der Waals surface area (Å²) in [6.45, 7) is 4.18. The largest absolute Gasteiger partial charge is 0.494 e. The van der Waals surface area contributed by atoms with Gasteiger partial charge in [-0.2, -0.15) is 5.10 Å². The molecule has 1 atom stereocenters. The van der Waals surface area contributed by atoms with E-state index in [-0.39, 0.29) is 11.5 Å². The van der Waals surface area contributed by atoms with Crippen LogP contribution in [0.4, 0.5) is 5.69 Å². The molecule has 0 aliphatic heterocycles. The van der Waals surface area contributed by atoms with Crippen molar-refractivity contribution in [3.05, 3.63) is 71.0 Å². The third kappa shape index (κ3) is 4.86. The van der Waals surface area contributed by atoms with Crippen LogP contribution >= 0.6 is 11.8 Å². The van der Waals surface area contributed by atoms with Crippen molar-refractivity contribution < 1.29 is 9.53 Å². The Morgan fingerprint density at radius 2 is 1.86 bits per heavy atom. The summed E-state index contributed by atoms with van der Waals surface area (Å²) in [6, 6.07) is 17.3. The van der Waals surface area contributed by atoms with E-state index in [1.54, 1.807) is 24.8 Å². The Bertz CT molecular complexity index is 1050. The van der Waals surface area contributed by atoms with Gasteiger partial charge in [0.05, 0.1) is 18.0 Å². The number of carbonyl (C=O) groups is 1. The van der Waals surface area contributed by atoms with Crippen molar-refractivity contribution in [3.63, 3.8) is 0 Å². The van der Waals surface area contributed by atoms with Crippen molar-refractivity contribution in [2.24, 2.45) is 0 Å². The fourth-order valence-corrected chi connectivity index (χ4v) is 3.40. The summed E-state index contributed by atoms with van der Waals surface area (Å²) < 4.78 is 6.67. The lowest BCUT2D eigenvalue weighted by Crippen LogP contribution is -2.33. The van der Waals surface area contributed by atoms with E-state index in [1.807, 2.05) is 61.7 Å². The first-order valence-corrected chi connectivity index (χ1v) is 10.5. The van der Waals surface area contributed by atoms with Crippen LogP contribution in [0.25, 0.3) is 11.3 Å². The Morgan fingerprint density at radius 3 is 2.55 bits per heavy atom. The maximum absolute atomic E-state index is 12.8. The Morgan fingerprint density at radius 1 is 1.14 bits per heavy atom. The van der Waals surface area contributed by atoms with Crippen LogP contribution in [0, 0.1) is 0 Å². The van der Waals surface area contributed by atoms with E-state index < -0.39 is 6.04 Å². The van der Waals surface area contributed by atoms with Gasteiger partial charge in [0.1, 0.15) is 11.8 Å². The van der Waals surface area contributed by atoms with Gasteiger partial charge in [-0.1, -0.05) is 12.1 Å². The first-order chi connectivity index (χ1) is 14.0. The fourth-order valence-electron chi connectivity index (χ4n) is 2.84. The van der Waals surface area contributed by atoms with Gasteiger partial charge in [0.15, 0.2) is 0 Å². The molecule has 1 unspecified atom stereocenters. The molecule has 0 aliphatic carbocycles. The van der Waals surface area contributed by atoms with Gasteiger partial charge in [0.2, 0.25) is 5.91 Å². The van der Waals surface area contributed by atoms with Gasteiger partial charge >= 0.3 is 0 Å². The molecular formula is C22H23N3O3S. The minimum absolute atomic E-state index is 0.301. The molecule has 3 rings (SSSR count). The molecule has 1 amide bonds. The van der Waals surface area contributed by atoms with Crippen molar-refractivity contribution in [2.75, 3.05) is 18.2 Å². The number of hydrogen-bond acceptors (Lipinski definition) is 5. The Balaban J connectivity index is 1.85. The summed E-state index contributed by atoms with van der Waals surface area (Å²) in [5.41, 5.74) is 1.83. The van der Waals surface area contributed by atoms with E-state index in [0.29, 0.717) is 18.0 Å². The maximum Gasteiger partial charge on any atom is 0.267 e. The van der Waals surface area contributed by atoms with Gasteiger partial charge in [-0.15, -0.1) is 11.8 Å². The minimum atomic E-state index is -0.764. The molecule has 0 aliphatic rings. The van der Waals surface area contributed by atoms with Gasteiger partial charge in [0, 0.05) is 16.5 Å². The van der Waals surface area contributed by atoms with Crippen LogP contribution in [-0.2, 0) is 4.79 Å². The minimum Gasteiger partial charge on any atom is -0.494 e.